The first kappa shape index (κ1) is 12.6. The van der Waals surface area contributed by atoms with E-state index in [-0.39, 0.29) is 5.96 Å². The highest BCUT2D eigenvalue weighted by molar-refractivity contribution is 5.79. The zero-order chi connectivity index (χ0) is 13.6. The molecule has 1 heterocycles. The molecule has 0 saturated carbocycles. The van der Waals surface area contributed by atoms with Crippen LogP contribution in [0.1, 0.15) is 11.1 Å². The van der Waals surface area contributed by atoms with Crippen molar-refractivity contribution in [1.82, 2.24) is 10.9 Å². The van der Waals surface area contributed by atoms with Gasteiger partial charge in [-0.25, -0.2) is 9.38 Å². The number of hydrogen-bond acceptors (Lipinski definition) is 5. The summed E-state index contributed by atoms with van der Waals surface area (Å²) in [6.07, 6.45) is -4.81. The van der Waals surface area contributed by atoms with Gasteiger partial charge in [0.25, 0.3) is 0 Å². The zero-order valence-corrected chi connectivity index (χ0v) is 8.85. The van der Waals surface area contributed by atoms with E-state index in [2.05, 4.69) is 15.8 Å². The van der Waals surface area contributed by atoms with Crippen molar-refractivity contribution < 1.29 is 17.6 Å². The third kappa shape index (κ3) is 1.97. The number of nitrogens with two attached hydrogens (primary N) is 2. The number of guanidine groups is 1. The van der Waals surface area contributed by atoms with E-state index in [0.29, 0.717) is 6.07 Å². The standard InChI is InChI=1S/C9H9F4N5/c10-6-4(8(11,12)13)2-1-3-5(6)9(15)16-7(14)17-18-9/h1-3,18H,15H2,(H3,14,16,17). The molecule has 1 atom stereocenters. The van der Waals surface area contributed by atoms with Crippen LogP contribution in [0.2, 0.25) is 0 Å². The summed E-state index contributed by atoms with van der Waals surface area (Å²) in [7, 11) is 0. The fourth-order valence-corrected chi connectivity index (χ4v) is 1.58. The van der Waals surface area contributed by atoms with Crippen LogP contribution in [0.15, 0.2) is 23.2 Å². The predicted molar refractivity (Wildman–Crippen MR) is 55.2 cm³/mol. The molecule has 18 heavy (non-hydrogen) atoms. The molecular formula is C9H9F4N5. The van der Waals surface area contributed by atoms with Crippen molar-refractivity contribution in [3.05, 3.63) is 35.1 Å². The Morgan fingerprint density at radius 1 is 1.28 bits per heavy atom. The molecule has 1 aromatic rings. The Morgan fingerprint density at radius 3 is 2.44 bits per heavy atom. The lowest BCUT2D eigenvalue weighted by Gasteiger charge is -2.22. The zero-order valence-electron chi connectivity index (χ0n) is 8.85. The number of aliphatic imine (C=N–C) groups is 1. The van der Waals surface area contributed by atoms with E-state index in [1.54, 1.807) is 0 Å². The molecule has 5 nitrogen and oxygen atoms in total. The van der Waals surface area contributed by atoms with Gasteiger partial charge in [-0.15, -0.1) is 0 Å². The fraction of sp³-hybridized carbons (Fsp3) is 0.222. The average Bonchev–Trinajstić information content (AvgIpc) is 2.58. The molecule has 1 aliphatic rings. The topological polar surface area (TPSA) is 88.5 Å². The summed E-state index contributed by atoms with van der Waals surface area (Å²) in [5.41, 5.74) is 13.7. The Balaban J connectivity index is 2.54. The number of nitrogens with zero attached hydrogens (tertiary/aromatic N) is 1. The highest BCUT2D eigenvalue weighted by Crippen LogP contribution is 2.34. The first-order valence-corrected chi connectivity index (χ1v) is 4.77. The van der Waals surface area contributed by atoms with Gasteiger partial charge >= 0.3 is 6.18 Å². The van der Waals surface area contributed by atoms with Crippen LogP contribution in [0, 0.1) is 5.82 Å². The normalized spacial score (nSPS) is 23.7. The molecule has 0 amide bonds. The van der Waals surface area contributed by atoms with E-state index in [0.717, 1.165) is 12.1 Å². The van der Waals surface area contributed by atoms with Crippen molar-refractivity contribution in [2.75, 3.05) is 0 Å². The van der Waals surface area contributed by atoms with Gasteiger partial charge in [-0.3, -0.25) is 11.2 Å². The SMILES string of the molecule is NC1=NC(N)(c2cccc(C(F)(F)F)c2F)NN1. The molecule has 6 N–H and O–H groups in total. The largest absolute Gasteiger partial charge is 0.419 e. The number of nitrogens with one attached hydrogen (secondary N) is 2. The molecule has 98 valence electrons. The average molecular weight is 263 g/mol. The molecule has 0 radical (unpaired) electrons. The molecule has 1 aromatic carbocycles. The number of alkyl halides is 3. The minimum Gasteiger partial charge on any atom is -0.369 e. The Labute approximate surface area is 98.8 Å². The maximum Gasteiger partial charge on any atom is 0.419 e. The predicted octanol–water partition coefficient (Wildman–Crippen LogP) is 0.336. The lowest BCUT2D eigenvalue weighted by molar-refractivity contribution is -0.140. The van der Waals surface area contributed by atoms with E-state index in [1.165, 1.54) is 0 Å². The van der Waals surface area contributed by atoms with Crippen LogP contribution in [0.25, 0.3) is 0 Å². The van der Waals surface area contributed by atoms with Crippen LogP contribution in [-0.2, 0) is 12.0 Å². The molecule has 0 aliphatic carbocycles. The van der Waals surface area contributed by atoms with E-state index < -0.39 is 28.9 Å². The van der Waals surface area contributed by atoms with E-state index in [4.69, 9.17) is 11.5 Å². The first-order valence-electron chi connectivity index (χ1n) is 4.77. The summed E-state index contributed by atoms with van der Waals surface area (Å²) in [4.78, 5) is 3.62. The number of hydrazine groups is 1. The minimum atomic E-state index is -4.81. The Morgan fingerprint density at radius 2 is 1.94 bits per heavy atom. The molecule has 0 spiro atoms. The van der Waals surface area contributed by atoms with E-state index in [1.807, 2.05) is 0 Å². The van der Waals surface area contributed by atoms with Crippen LogP contribution in [0.4, 0.5) is 17.6 Å². The van der Waals surface area contributed by atoms with Gasteiger partial charge in [-0.05, 0) is 6.07 Å². The van der Waals surface area contributed by atoms with Crippen LogP contribution in [-0.4, -0.2) is 5.96 Å². The summed E-state index contributed by atoms with van der Waals surface area (Å²) < 4.78 is 51.4. The maximum atomic E-state index is 13.8. The summed E-state index contributed by atoms with van der Waals surface area (Å²) in [6, 6.07) is 2.76. The van der Waals surface area contributed by atoms with Gasteiger partial charge in [0.1, 0.15) is 5.82 Å². The van der Waals surface area contributed by atoms with E-state index >= 15 is 0 Å². The van der Waals surface area contributed by atoms with Gasteiger partial charge < -0.3 is 5.73 Å². The van der Waals surface area contributed by atoms with Crippen molar-refractivity contribution >= 4 is 5.96 Å². The number of rotatable bonds is 1. The highest BCUT2D eigenvalue weighted by atomic mass is 19.4. The molecular weight excluding hydrogens is 254 g/mol. The van der Waals surface area contributed by atoms with Crippen LogP contribution >= 0.6 is 0 Å². The lowest BCUT2D eigenvalue weighted by Crippen LogP contribution is -2.51. The molecule has 9 heteroatoms. The Hall–Kier alpha value is -1.87. The Kier molecular flexibility index (Phi) is 2.67. The molecule has 2 rings (SSSR count). The van der Waals surface area contributed by atoms with E-state index in [9.17, 15) is 17.6 Å². The Bertz CT molecular complexity index is 512. The van der Waals surface area contributed by atoms with Crippen molar-refractivity contribution in [2.24, 2.45) is 16.5 Å². The number of hydrogen-bond donors (Lipinski definition) is 4. The molecule has 0 bridgehead atoms. The van der Waals surface area contributed by atoms with Crippen molar-refractivity contribution in [3.8, 4) is 0 Å². The fourth-order valence-electron chi connectivity index (χ4n) is 1.58. The van der Waals surface area contributed by atoms with Gasteiger partial charge in [0.15, 0.2) is 0 Å². The summed E-state index contributed by atoms with van der Waals surface area (Å²) >= 11 is 0. The molecule has 1 unspecified atom stereocenters. The van der Waals surface area contributed by atoms with Crippen LogP contribution in [0.3, 0.4) is 0 Å². The summed E-state index contributed by atoms with van der Waals surface area (Å²) in [6.45, 7) is 0. The minimum absolute atomic E-state index is 0.144. The van der Waals surface area contributed by atoms with Crippen LogP contribution < -0.4 is 22.3 Å². The van der Waals surface area contributed by atoms with Gasteiger partial charge in [0, 0.05) is 5.56 Å². The molecule has 0 saturated heterocycles. The van der Waals surface area contributed by atoms with Gasteiger partial charge in [-0.2, -0.15) is 18.6 Å². The van der Waals surface area contributed by atoms with Crippen molar-refractivity contribution in [3.63, 3.8) is 0 Å². The summed E-state index contributed by atoms with van der Waals surface area (Å²) in [5, 5.41) is 0. The maximum absolute atomic E-state index is 13.8. The third-order valence-electron chi connectivity index (χ3n) is 2.39. The van der Waals surface area contributed by atoms with Gasteiger partial charge in [0.05, 0.1) is 5.56 Å². The third-order valence-corrected chi connectivity index (χ3v) is 2.39. The van der Waals surface area contributed by atoms with Crippen LogP contribution in [0.5, 0.6) is 0 Å². The quantitative estimate of drug-likeness (QED) is 0.550. The first-order chi connectivity index (χ1) is 8.24. The van der Waals surface area contributed by atoms with Gasteiger partial charge in [-0.1, -0.05) is 12.1 Å². The second-order valence-corrected chi connectivity index (χ2v) is 3.68. The second-order valence-electron chi connectivity index (χ2n) is 3.68. The molecule has 0 fully saturated rings. The number of halogens is 4. The highest BCUT2D eigenvalue weighted by Gasteiger charge is 2.40. The monoisotopic (exact) mass is 263 g/mol. The smallest absolute Gasteiger partial charge is 0.369 e. The second kappa shape index (κ2) is 3.82. The van der Waals surface area contributed by atoms with Crippen molar-refractivity contribution in [2.45, 2.75) is 12.0 Å². The molecule has 1 aliphatic heterocycles. The van der Waals surface area contributed by atoms with Gasteiger partial charge in [0.2, 0.25) is 11.7 Å². The molecule has 0 aromatic heterocycles. The van der Waals surface area contributed by atoms with Crippen molar-refractivity contribution in [1.29, 1.82) is 0 Å². The number of benzene rings is 1. The summed E-state index contributed by atoms with van der Waals surface area (Å²) in [5.74, 6) is -3.50. The lowest BCUT2D eigenvalue weighted by atomic mass is 10.0.